The summed E-state index contributed by atoms with van der Waals surface area (Å²) in [5, 5.41) is 8.38. The SMILES string of the molecule is COC[C@H](C)Nc1ncc2c(C3=C[C@H]4CC[C@@H](C3)N4C)cc(C3CCC(C)CC3)n2n1. The van der Waals surface area contributed by atoms with E-state index in [1.807, 2.05) is 6.20 Å². The Morgan fingerprint density at radius 2 is 2.00 bits per heavy atom. The summed E-state index contributed by atoms with van der Waals surface area (Å²) in [6.07, 6.45) is 13.4. The van der Waals surface area contributed by atoms with E-state index in [0.29, 0.717) is 30.6 Å². The molecular formula is C25H37N5O. The molecule has 5 rings (SSSR count). The van der Waals surface area contributed by atoms with Crippen molar-refractivity contribution >= 4 is 17.0 Å². The number of ether oxygens (including phenoxy) is 1. The number of fused-ring (bicyclic) bond motifs is 3. The van der Waals surface area contributed by atoms with Crippen LogP contribution in [0.5, 0.6) is 0 Å². The maximum Gasteiger partial charge on any atom is 0.241 e. The van der Waals surface area contributed by atoms with Crippen molar-refractivity contribution < 1.29 is 4.74 Å². The van der Waals surface area contributed by atoms with Crippen LogP contribution in [0, 0.1) is 5.92 Å². The number of aromatic nitrogens is 3. The van der Waals surface area contributed by atoms with E-state index in [1.165, 1.54) is 55.4 Å². The molecule has 4 heterocycles. The van der Waals surface area contributed by atoms with Crippen LogP contribution in [-0.4, -0.2) is 58.4 Å². The van der Waals surface area contributed by atoms with Gasteiger partial charge in [-0.3, -0.25) is 4.90 Å². The second kappa shape index (κ2) is 8.55. The Morgan fingerprint density at radius 3 is 2.74 bits per heavy atom. The van der Waals surface area contributed by atoms with Gasteiger partial charge in [0.15, 0.2) is 0 Å². The first-order valence-corrected chi connectivity index (χ1v) is 12.1. The normalized spacial score (nSPS) is 29.9. The molecule has 1 aliphatic carbocycles. The minimum absolute atomic E-state index is 0.170. The van der Waals surface area contributed by atoms with Gasteiger partial charge in [0, 0.05) is 42.4 Å². The first-order chi connectivity index (χ1) is 15.0. The molecule has 2 bridgehead atoms. The predicted molar refractivity (Wildman–Crippen MR) is 125 cm³/mol. The zero-order valence-corrected chi connectivity index (χ0v) is 19.5. The molecule has 3 atom stereocenters. The molecule has 2 aliphatic heterocycles. The minimum Gasteiger partial charge on any atom is -0.383 e. The molecule has 31 heavy (non-hydrogen) atoms. The molecule has 2 aromatic heterocycles. The first-order valence-electron chi connectivity index (χ1n) is 12.1. The summed E-state index contributed by atoms with van der Waals surface area (Å²) < 4.78 is 7.47. The van der Waals surface area contributed by atoms with Gasteiger partial charge in [0.25, 0.3) is 0 Å². The van der Waals surface area contributed by atoms with Gasteiger partial charge in [0.1, 0.15) is 0 Å². The number of methoxy groups -OCH3 is 1. The van der Waals surface area contributed by atoms with Crippen LogP contribution < -0.4 is 5.32 Å². The van der Waals surface area contributed by atoms with E-state index in [1.54, 1.807) is 7.11 Å². The van der Waals surface area contributed by atoms with E-state index in [9.17, 15) is 0 Å². The number of nitrogens with one attached hydrogen (secondary N) is 1. The van der Waals surface area contributed by atoms with Crippen LogP contribution in [0.4, 0.5) is 5.95 Å². The summed E-state index contributed by atoms with van der Waals surface area (Å²) in [6.45, 7) is 5.12. The molecule has 2 aromatic rings. The van der Waals surface area contributed by atoms with Gasteiger partial charge in [-0.15, -0.1) is 5.10 Å². The van der Waals surface area contributed by atoms with Crippen LogP contribution in [-0.2, 0) is 4.74 Å². The highest BCUT2D eigenvalue weighted by molar-refractivity contribution is 5.80. The zero-order valence-electron chi connectivity index (χ0n) is 19.5. The monoisotopic (exact) mass is 423 g/mol. The van der Waals surface area contributed by atoms with Crippen molar-refractivity contribution in [3.63, 3.8) is 0 Å². The Labute approximate surface area is 186 Å². The molecule has 0 radical (unpaired) electrons. The lowest BCUT2D eigenvalue weighted by molar-refractivity contribution is 0.190. The number of hydrogen-bond donors (Lipinski definition) is 1. The van der Waals surface area contributed by atoms with Crippen LogP contribution in [0.3, 0.4) is 0 Å². The molecule has 2 fully saturated rings. The Hall–Kier alpha value is -1.92. The fourth-order valence-electron chi connectivity index (χ4n) is 5.94. The lowest BCUT2D eigenvalue weighted by Gasteiger charge is -2.30. The molecule has 168 valence electrons. The van der Waals surface area contributed by atoms with Crippen molar-refractivity contribution in [3.05, 3.63) is 29.6 Å². The van der Waals surface area contributed by atoms with Gasteiger partial charge in [-0.05, 0) is 63.6 Å². The molecule has 6 nitrogen and oxygen atoms in total. The van der Waals surface area contributed by atoms with Crippen molar-refractivity contribution in [3.8, 4) is 0 Å². The molecule has 1 saturated heterocycles. The number of hydrogen-bond acceptors (Lipinski definition) is 5. The van der Waals surface area contributed by atoms with E-state index in [0.717, 1.165) is 17.9 Å². The summed E-state index contributed by atoms with van der Waals surface area (Å²) in [4.78, 5) is 7.24. The Balaban J connectivity index is 1.54. The van der Waals surface area contributed by atoms with Crippen molar-refractivity contribution in [2.24, 2.45) is 5.92 Å². The Kier molecular flexibility index (Phi) is 5.78. The average molecular weight is 424 g/mol. The standard InChI is InChI=1S/C25H37N5O/c1-16-5-7-18(8-6-16)23-13-22(19-11-20-9-10-21(12-19)29(20)3)24-14-26-25(28-30(23)24)27-17(2)15-31-4/h11,13-14,16-18,20-21H,5-10,12,15H2,1-4H3,(H,27,28)/t16?,17-,18?,20+,21-/m0/s1. The van der Waals surface area contributed by atoms with E-state index in [-0.39, 0.29) is 6.04 Å². The molecule has 3 aliphatic rings. The zero-order chi connectivity index (χ0) is 21.5. The van der Waals surface area contributed by atoms with Crippen molar-refractivity contribution in [2.75, 3.05) is 26.1 Å². The van der Waals surface area contributed by atoms with Gasteiger partial charge in [0.05, 0.1) is 18.3 Å². The number of anilines is 1. The van der Waals surface area contributed by atoms with Gasteiger partial charge < -0.3 is 10.1 Å². The maximum absolute atomic E-state index is 5.27. The van der Waals surface area contributed by atoms with Crippen LogP contribution in [0.25, 0.3) is 11.1 Å². The third-order valence-electron chi connectivity index (χ3n) is 7.86. The van der Waals surface area contributed by atoms with Crippen molar-refractivity contribution in [2.45, 2.75) is 82.8 Å². The third kappa shape index (κ3) is 4.00. The molecular weight excluding hydrogens is 386 g/mol. The van der Waals surface area contributed by atoms with E-state index in [4.69, 9.17) is 9.84 Å². The second-order valence-corrected chi connectivity index (χ2v) is 10.2. The molecule has 0 spiro atoms. The molecule has 0 amide bonds. The number of nitrogens with zero attached hydrogens (tertiary/aromatic N) is 4. The Morgan fingerprint density at radius 1 is 1.19 bits per heavy atom. The maximum atomic E-state index is 5.27. The molecule has 0 aromatic carbocycles. The van der Waals surface area contributed by atoms with Gasteiger partial charge >= 0.3 is 0 Å². The van der Waals surface area contributed by atoms with Crippen LogP contribution >= 0.6 is 0 Å². The van der Waals surface area contributed by atoms with Crippen molar-refractivity contribution in [1.29, 1.82) is 0 Å². The lowest BCUT2D eigenvalue weighted by Crippen LogP contribution is -2.34. The van der Waals surface area contributed by atoms with Crippen LogP contribution in [0.2, 0.25) is 0 Å². The third-order valence-corrected chi connectivity index (χ3v) is 7.86. The lowest BCUT2D eigenvalue weighted by atomic mass is 9.81. The quantitative estimate of drug-likeness (QED) is 0.729. The van der Waals surface area contributed by atoms with Gasteiger partial charge in [-0.2, -0.15) is 0 Å². The summed E-state index contributed by atoms with van der Waals surface area (Å²) in [5.74, 6) is 2.11. The number of rotatable bonds is 6. The topological polar surface area (TPSA) is 54.7 Å². The van der Waals surface area contributed by atoms with E-state index in [2.05, 4.69) is 52.8 Å². The van der Waals surface area contributed by atoms with Gasteiger partial charge in [-0.25, -0.2) is 9.50 Å². The van der Waals surface area contributed by atoms with Gasteiger partial charge in [-0.1, -0.05) is 25.8 Å². The van der Waals surface area contributed by atoms with Gasteiger partial charge in [0.2, 0.25) is 5.95 Å². The minimum atomic E-state index is 0.170. The van der Waals surface area contributed by atoms with E-state index >= 15 is 0 Å². The summed E-state index contributed by atoms with van der Waals surface area (Å²) in [6, 6.07) is 3.88. The highest BCUT2D eigenvalue weighted by Crippen LogP contribution is 2.42. The first kappa shape index (κ1) is 21.0. The molecule has 1 saturated carbocycles. The molecule has 6 heteroatoms. The predicted octanol–water partition coefficient (Wildman–Crippen LogP) is 4.72. The summed E-state index contributed by atoms with van der Waals surface area (Å²) in [5.41, 5.74) is 5.38. The number of likely N-dealkylation sites (N-methyl/N-ethyl adjacent to an activating group) is 1. The molecule has 1 N–H and O–H groups in total. The molecule has 0 unspecified atom stereocenters. The summed E-state index contributed by atoms with van der Waals surface area (Å²) in [7, 11) is 4.01. The second-order valence-electron chi connectivity index (χ2n) is 10.2. The van der Waals surface area contributed by atoms with Crippen molar-refractivity contribution in [1.82, 2.24) is 19.5 Å². The van der Waals surface area contributed by atoms with Crippen LogP contribution in [0.1, 0.15) is 76.0 Å². The Bertz CT molecular complexity index is 958. The smallest absolute Gasteiger partial charge is 0.241 e. The largest absolute Gasteiger partial charge is 0.383 e. The highest BCUT2D eigenvalue weighted by Gasteiger charge is 2.35. The average Bonchev–Trinajstić information content (AvgIpc) is 3.20. The highest BCUT2D eigenvalue weighted by atomic mass is 16.5. The van der Waals surface area contributed by atoms with E-state index < -0.39 is 0 Å². The fraction of sp³-hybridized carbons (Fsp3) is 0.680. The fourth-order valence-corrected chi connectivity index (χ4v) is 5.94. The summed E-state index contributed by atoms with van der Waals surface area (Å²) >= 11 is 0. The van der Waals surface area contributed by atoms with Crippen LogP contribution in [0.15, 0.2) is 18.3 Å².